The summed E-state index contributed by atoms with van der Waals surface area (Å²) in [6.45, 7) is 1.44. The SMILES string of the molecule is CCOC(=O)c1ncc(F)c(C#N)c1C(F)F. The fourth-order valence-electron chi connectivity index (χ4n) is 1.19. The molecule has 4 nitrogen and oxygen atoms in total. The van der Waals surface area contributed by atoms with Gasteiger partial charge >= 0.3 is 5.97 Å². The minimum absolute atomic E-state index is 0.0392. The molecule has 1 aromatic heterocycles. The average Bonchev–Trinajstić information content (AvgIpc) is 2.28. The van der Waals surface area contributed by atoms with E-state index in [1.165, 1.54) is 13.0 Å². The summed E-state index contributed by atoms with van der Waals surface area (Å²) in [5, 5.41) is 8.58. The summed E-state index contributed by atoms with van der Waals surface area (Å²) >= 11 is 0. The second kappa shape index (κ2) is 5.30. The Morgan fingerprint density at radius 2 is 2.29 bits per heavy atom. The highest BCUT2D eigenvalue weighted by molar-refractivity contribution is 5.89. The first kappa shape index (κ1) is 13.0. The molecule has 0 aliphatic carbocycles. The predicted octanol–water partition coefficient (Wildman–Crippen LogP) is 2.21. The van der Waals surface area contributed by atoms with E-state index in [4.69, 9.17) is 5.26 Å². The molecule has 0 aliphatic heterocycles. The number of esters is 1. The van der Waals surface area contributed by atoms with E-state index >= 15 is 0 Å². The Morgan fingerprint density at radius 3 is 2.76 bits per heavy atom. The highest BCUT2D eigenvalue weighted by Crippen LogP contribution is 2.27. The lowest BCUT2D eigenvalue weighted by atomic mass is 10.1. The number of hydrogen-bond donors (Lipinski definition) is 0. The summed E-state index contributed by atoms with van der Waals surface area (Å²) in [6, 6.07) is 1.28. The van der Waals surface area contributed by atoms with Crippen molar-refractivity contribution in [2.45, 2.75) is 13.3 Å². The third-order valence-electron chi connectivity index (χ3n) is 1.87. The molecule has 0 aliphatic rings. The molecule has 7 heteroatoms. The maximum atomic E-state index is 13.1. The molecule has 0 fully saturated rings. The molecule has 0 saturated carbocycles. The maximum absolute atomic E-state index is 13.1. The van der Waals surface area contributed by atoms with Crippen LogP contribution in [0.1, 0.15) is 35.0 Å². The van der Waals surface area contributed by atoms with Crippen molar-refractivity contribution in [1.29, 1.82) is 5.26 Å². The first-order valence-electron chi connectivity index (χ1n) is 4.56. The molecule has 17 heavy (non-hydrogen) atoms. The second-order valence-electron chi connectivity index (χ2n) is 2.88. The zero-order valence-corrected chi connectivity index (χ0v) is 8.71. The number of pyridine rings is 1. The molecular weight excluding hydrogens is 237 g/mol. The van der Waals surface area contributed by atoms with Crippen LogP contribution in [0.15, 0.2) is 6.20 Å². The smallest absolute Gasteiger partial charge is 0.357 e. The summed E-state index contributed by atoms with van der Waals surface area (Å²) < 4.78 is 42.9. The van der Waals surface area contributed by atoms with Crippen molar-refractivity contribution in [3.05, 3.63) is 28.8 Å². The minimum atomic E-state index is -3.19. The fourth-order valence-corrected chi connectivity index (χ4v) is 1.19. The van der Waals surface area contributed by atoms with E-state index in [9.17, 15) is 18.0 Å². The molecule has 0 amide bonds. The number of nitrogens with zero attached hydrogens (tertiary/aromatic N) is 2. The first-order valence-corrected chi connectivity index (χ1v) is 4.56. The molecule has 0 atom stereocenters. The summed E-state index contributed by atoms with van der Waals surface area (Å²) in [4.78, 5) is 14.5. The van der Waals surface area contributed by atoms with Crippen LogP contribution >= 0.6 is 0 Å². The average molecular weight is 244 g/mol. The standard InChI is InChI=1S/C10H7F3N2O2/c1-2-17-10(16)8-7(9(12)13)5(3-14)6(11)4-15-8/h4,9H,2H2,1H3. The number of hydrogen-bond acceptors (Lipinski definition) is 4. The number of carbonyl (C=O) groups excluding carboxylic acids is 1. The van der Waals surface area contributed by atoms with Crippen molar-refractivity contribution < 1.29 is 22.7 Å². The van der Waals surface area contributed by atoms with Crippen LogP contribution in [0, 0.1) is 17.1 Å². The van der Waals surface area contributed by atoms with Crippen LogP contribution in [-0.2, 0) is 4.74 Å². The molecular formula is C10H7F3N2O2. The lowest BCUT2D eigenvalue weighted by molar-refractivity contribution is 0.0507. The predicted molar refractivity (Wildman–Crippen MR) is 49.8 cm³/mol. The Hall–Kier alpha value is -2.10. The number of halogens is 3. The van der Waals surface area contributed by atoms with Gasteiger partial charge in [0, 0.05) is 0 Å². The molecule has 0 radical (unpaired) electrons. The zero-order chi connectivity index (χ0) is 13.0. The first-order chi connectivity index (χ1) is 8.02. The Balaban J connectivity index is 3.42. The number of aromatic nitrogens is 1. The van der Waals surface area contributed by atoms with Gasteiger partial charge in [-0.2, -0.15) is 5.26 Å². The van der Waals surface area contributed by atoms with Gasteiger partial charge in [-0.05, 0) is 6.92 Å². The van der Waals surface area contributed by atoms with Crippen LogP contribution in [-0.4, -0.2) is 17.6 Å². The highest BCUT2D eigenvalue weighted by Gasteiger charge is 2.27. The zero-order valence-electron chi connectivity index (χ0n) is 8.71. The van der Waals surface area contributed by atoms with Gasteiger partial charge in [-0.25, -0.2) is 22.9 Å². The molecule has 0 unspecified atom stereocenters. The van der Waals surface area contributed by atoms with E-state index < -0.39 is 35.0 Å². The lowest BCUT2D eigenvalue weighted by Gasteiger charge is -2.09. The summed E-state index contributed by atoms with van der Waals surface area (Å²) in [5.41, 5.74) is -2.66. The van der Waals surface area contributed by atoms with Gasteiger partial charge in [-0.1, -0.05) is 0 Å². The van der Waals surface area contributed by atoms with Gasteiger partial charge < -0.3 is 4.74 Å². The van der Waals surface area contributed by atoms with Crippen molar-refractivity contribution >= 4 is 5.97 Å². The Labute approximate surface area is 94.6 Å². The van der Waals surface area contributed by atoms with Crippen molar-refractivity contribution in [2.24, 2.45) is 0 Å². The van der Waals surface area contributed by atoms with Crippen LogP contribution in [0.25, 0.3) is 0 Å². The van der Waals surface area contributed by atoms with Crippen LogP contribution in [0.4, 0.5) is 13.2 Å². The maximum Gasteiger partial charge on any atom is 0.357 e. The van der Waals surface area contributed by atoms with Gasteiger partial charge in [-0.3, -0.25) is 0 Å². The highest BCUT2D eigenvalue weighted by atomic mass is 19.3. The molecule has 0 N–H and O–H groups in total. The lowest BCUT2D eigenvalue weighted by Crippen LogP contribution is -2.13. The Kier molecular flexibility index (Phi) is 4.04. The van der Waals surface area contributed by atoms with Crippen molar-refractivity contribution in [2.75, 3.05) is 6.61 Å². The van der Waals surface area contributed by atoms with Crippen LogP contribution < -0.4 is 0 Å². The van der Waals surface area contributed by atoms with Gasteiger partial charge in [-0.15, -0.1) is 0 Å². The van der Waals surface area contributed by atoms with E-state index in [2.05, 4.69) is 9.72 Å². The quantitative estimate of drug-likeness (QED) is 0.764. The normalized spacial score (nSPS) is 10.1. The topological polar surface area (TPSA) is 63.0 Å². The number of rotatable bonds is 3. The second-order valence-corrected chi connectivity index (χ2v) is 2.88. The Morgan fingerprint density at radius 1 is 1.65 bits per heavy atom. The summed E-state index contributed by atoms with van der Waals surface area (Å²) in [7, 11) is 0. The number of carbonyl (C=O) groups is 1. The van der Waals surface area contributed by atoms with Crippen LogP contribution in [0.2, 0.25) is 0 Å². The van der Waals surface area contributed by atoms with E-state index in [0.29, 0.717) is 6.20 Å². The van der Waals surface area contributed by atoms with Crippen molar-refractivity contribution in [3.8, 4) is 6.07 Å². The molecule has 0 bridgehead atoms. The van der Waals surface area contributed by atoms with Crippen molar-refractivity contribution in [3.63, 3.8) is 0 Å². The third-order valence-corrected chi connectivity index (χ3v) is 1.87. The van der Waals surface area contributed by atoms with Gasteiger partial charge in [0.05, 0.1) is 18.4 Å². The third kappa shape index (κ3) is 2.53. The van der Waals surface area contributed by atoms with Gasteiger partial charge in [0.1, 0.15) is 11.6 Å². The van der Waals surface area contributed by atoms with Crippen LogP contribution in [0.3, 0.4) is 0 Å². The molecule has 0 saturated heterocycles. The van der Waals surface area contributed by atoms with Gasteiger partial charge in [0.2, 0.25) is 0 Å². The fraction of sp³-hybridized carbons (Fsp3) is 0.300. The number of alkyl halides is 2. The monoisotopic (exact) mass is 244 g/mol. The summed E-state index contributed by atoms with van der Waals surface area (Å²) in [6.07, 6.45) is -2.65. The molecule has 90 valence electrons. The van der Waals surface area contributed by atoms with Crippen LogP contribution in [0.5, 0.6) is 0 Å². The molecule has 1 rings (SSSR count). The molecule has 1 aromatic rings. The van der Waals surface area contributed by atoms with E-state index in [1.807, 2.05) is 0 Å². The van der Waals surface area contributed by atoms with Gasteiger partial charge in [0.15, 0.2) is 11.5 Å². The molecule has 0 spiro atoms. The number of nitriles is 1. The summed E-state index contributed by atoms with van der Waals surface area (Å²) in [5.74, 6) is -2.31. The van der Waals surface area contributed by atoms with Gasteiger partial charge in [0.25, 0.3) is 6.43 Å². The number of ether oxygens (including phenoxy) is 1. The van der Waals surface area contributed by atoms with E-state index in [-0.39, 0.29) is 6.61 Å². The largest absolute Gasteiger partial charge is 0.461 e. The molecule has 1 heterocycles. The van der Waals surface area contributed by atoms with Crippen molar-refractivity contribution in [1.82, 2.24) is 4.98 Å². The van der Waals surface area contributed by atoms with E-state index in [1.54, 1.807) is 0 Å². The molecule has 0 aromatic carbocycles. The minimum Gasteiger partial charge on any atom is -0.461 e. The van der Waals surface area contributed by atoms with E-state index in [0.717, 1.165) is 0 Å². The Bertz CT molecular complexity index is 483.